The van der Waals surface area contributed by atoms with Crippen LogP contribution >= 0.6 is 11.3 Å². The molecule has 2 heterocycles. The summed E-state index contributed by atoms with van der Waals surface area (Å²) >= 11 is 1.49. The Morgan fingerprint density at radius 3 is 2.83 bits per heavy atom. The molecule has 0 aliphatic rings. The summed E-state index contributed by atoms with van der Waals surface area (Å²) in [5.41, 5.74) is 3.76. The molecule has 23 heavy (non-hydrogen) atoms. The Morgan fingerprint density at radius 2 is 2.00 bits per heavy atom. The minimum atomic E-state index is -0.139. The van der Waals surface area contributed by atoms with Crippen LogP contribution < -0.4 is 5.32 Å². The van der Waals surface area contributed by atoms with E-state index in [0.29, 0.717) is 10.8 Å². The first-order valence-electron chi connectivity index (χ1n) is 7.35. The first-order valence-corrected chi connectivity index (χ1v) is 8.16. The van der Waals surface area contributed by atoms with Crippen LogP contribution in [-0.2, 0) is 7.05 Å². The van der Waals surface area contributed by atoms with E-state index < -0.39 is 0 Å². The normalized spacial score (nSPS) is 11.2. The predicted octanol–water partition coefficient (Wildman–Crippen LogP) is 4.35. The van der Waals surface area contributed by atoms with Gasteiger partial charge in [0.1, 0.15) is 5.69 Å². The molecule has 0 atom stereocenters. The van der Waals surface area contributed by atoms with Crippen LogP contribution in [0.4, 0.5) is 5.13 Å². The summed E-state index contributed by atoms with van der Waals surface area (Å²) < 4.78 is 2.99. The lowest BCUT2D eigenvalue weighted by molar-refractivity contribution is 0.102. The second kappa shape index (κ2) is 5.21. The molecule has 0 fully saturated rings. The molecule has 1 N–H and O–H groups in total. The first kappa shape index (κ1) is 14.0. The average Bonchev–Trinajstić information content (AvgIpc) is 3.08. The zero-order valence-corrected chi connectivity index (χ0v) is 13.6. The van der Waals surface area contributed by atoms with Crippen LogP contribution in [0.2, 0.25) is 0 Å². The van der Waals surface area contributed by atoms with Gasteiger partial charge in [-0.3, -0.25) is 10.1 Å². The van der Waals surface area contributed by atoms with E-state index in [-0.39, 0.29) is 5.91 Å². The Labute approximate surface area is 137 Å². The Bertz CT molecular complexity index is 1040. The second-order valence-corrected chi connectivity index (χ2v) is 6.62. The number of benzene rings is 2. The monoisotopic (exact) mass is 321 g/mol. The Morgan fingerprint density at radius 1 is 1.17 bits per heavy atom. The van der Waals surface area contributed by atoms with Crippen molar-refractivity contribution in [3.8, 4) is 0 Å². The van der Waals surface area contributed by atoms with E-state index in [0.717, 1.165) is 21.1 Å². The molecule has 0 aliphatic carbocycles. The molecule has 0 unspecified atom stereocenters. The van der Waals surface area contributed by atoms with Gasteiger partial charge < -0.3 is 4.57 Å². The number of para-hydroxylation sites is 1. The summed E-state index contributed by atoms with van der Waals surface area (Å²) in [5.74, 6) is -0.139. The number of hydrogen-bond donors (Lipinski definition) is 1. The molecule has 1 amide bonds. The predicted molar refractivity (Wildman–Crippen MR) is 95.2 cm³/mol. The fourth-order valence-electron chi connectivity index (χ4n) is 2.75. The van der Waals surface area contributed by atoms with E-state index >= 15 is 0 Å². The molecule has 4 aromatic rings. The van der Waals surface area contributed by atoms with Gasteiger partial charge in [0.25, 0.3) is 5.91 Å². The molecule has 2 aromatic heterocycles. The van der Waals surface area contributed by atoms with Crippen LogP contribution in [0, 0.1) is 6.92 Å². The average molecular weight is 321 g/mol. The van der Waals surface area contributed by atoms with Crippen molar-refractivity contribution >= 4 is 43.5 Å². The maximum Gasteiger partial charge on any atom is 0.274 e. The molecule has 2 aromatic carbocycles. The zero-order chi connectivity index (χ0) is 16.0. The van der Waals surface area contributed by atoms with E-state index in [9.17, 15) is 4.79 Å². The van der Waals surface area contributed by atoms with Crippen molar-refractivity contribution in [1.29, 1.82) is 0 Å². The molecule has 0 bridgehead atoms. The fraction of sp³-hybridized carbons (Fsp3) is 0.111. The van der Waals surface area contributed by atoms with Crippen LogP contribution in [0.1, 0.15) is 16.1 Å². The van der Waals surface area contributed by atoms with Crippen molar-refractivity contribution in [3.05, 3.63) is 59.8 Å². The number of fused-ring (bicyclic) bond motifs is 2. The van der Waals surface area contributed by atoms with Gasteiger partial charge in [0.2, 0.25) is 0 Å². The minimum absolute atomic E-state index is 0.139. The highest BCUT2D eigenvalue weighted by Gasteiger charge is 2.15. The van der Waals surface area contributed by atoms with Crippen molar-refractivity contribution in [2.75, 3.05) is 5.32 Å². The van der Waals surface area contributed by atoms with Crippen LogP contribution in [0.25, 0.3) is 21.1 Å². The number of rotatable bonds is 2. The third-order valence-corrected chi connectivity index (χ3v) is 4.88. The molecule has 114 valence electrons. The van der Waals surface area contributed by atoms with Crippen molar-refractivity contribution < 1.29 is 4.79 Å². The fourth-order valence-corrected chi connectivity index (χ4v) is 3.71. The zero-order valence-electron chi connectivity index (χ0n) is 12.8. The third kappa shape index (κ3) is 2.39. The maximum atomic E-state index is 12.6. The number of hydrogen-bond acceptors (Lipinski definition) is 3. The summed E-state index contributed by atoms with van der Waals surface area (Å²) in [6.45, 7) is 2.05. The lowest BCUT2D eigenvalue weighted by Crippen LogP contribution is -2.15. The van der Waals surface area contributed by atoms with Crippen molar-refractivity contribution in [3.63, 3.8) is 0 Å². The van der Waals surface area contributed by atoms with Gasteiger partial charge in [-0.05, 0) is 36.8 Å². The van der Waals surface area contributed by atoms with Gasteiger partial charge in [0.05, 0.1) is 10.2 Å². The van der Waals surface area contributed by atoms with Crippen LogP contribution in [0.15, 0.2) is 48.5 Å². The molecular weight excluding hydrogens is 306 g/mol. The SMILES string of the molecule is Cc1ccc2nc(NC(=O)c3cc4ccccc4n3C)sc2c1. The number of nitrogens with zero attached hydrogens (tertiary/aromatic N) is 2. The molecule has 4 nitrogen and oxygen atoms in total. The topological polar surface area (TPSA) is 46.9 Å². The van der Waals surface area contributed by atoms with Crippen molar-refractivity contribution in [2.45, 2.75) is 6.92 Å². The Balaban J connectivity index is 1.69. The number of nitrogens with one attached hydrogen (secondary N) is 1. The van der Waals surface area contributed by atoms with Gasteiger partial charge in [0, 0.05) is 18.0 Å². The van der Waals surface area contributed by atoms with Gasteiger partial charge in [-0.15, -0.1) is 0 Å². The lowest BCUT2D eigenvalue weighted by atomic mass is 10.2. The number of amides is 1. The molecule has 5 heteroatoms. The molecular formula is C18H15N3OS. The highest BCUT2D eigenvalue weighted by Crippen LogP contribution is 2.27. The molecule has 0 radical (unpaired) electrons. The van der Waals surface area contributed by atoms with E-state index in [1.54, 1.807) is 0 Å². The number of aryl methyl sites for hydroxylation is 2. The van der Waals surface area contributed by atoms with Crippen molar-refractivity contribution in [2.24, 2.45) is 7.05 Å². The molecule has 0 aliphatic heterocycles. The largest absolute Gasteiger partial charge is 0.340 e. The molecule has 0 saturated carbocycles. The van der Waals surface area contributed by atoms with E-state index in [4.69, 9.17) is 0 Å². The quantitative estimate of drug-likeness (QED) is 0.596. The Kier molecular flexibility index (Phi) is 3.16. The van der Waals surface area contributed by atoms with Crippen LogP contribution in [0.5, 0.6) is 0 Å². The standard InChI is InChI=1S/C18H15N3OS/c1-11-7-8-13-16(9-11)23-18(19-13)20-17(22)15-10-12-5-3-4-6-14(12)21(15)2/h3-10H,1-2H3,(H,19,20,22). The third-order valence-electron chi connectivity index (χ3n) is 3.95. The van der Waals surface area contributed by atoms with Gasteiger partial charge in [-0.25, -0.2) is 4.98 Å². The summed E-state index contributed by atoms with van der Waals surface area (Å²) in [5, 5.41) is 4.60. The summed E-state index contributed by atoms with van der Waals surface area (Å²) in [6, 6.07) is 16.0. The number of aromatic nitrogens is 2. The summed E-state index contributed by atoms with van der Waals surface area (Å²) in [7, 11) is 1.90. The molecule has 0 saturated heterocycles. The number of anilines is 1. The summed E-state index contributed by atoms with van der Waals surface area (Å²) in [4.78, 5) is 17.1. The van der Waals surface area contributed by atoms with Crippen LogP contribution in [-0.4, -0.2) is 15.5 Å². The van der Waals surface area contributed by atoms with Gasteiger partial charge in [0.15, 0.2) is 5.13 Å². The van der Waals surface area contributed by atoms with Crippen molar-refractivity contribution in [1.82, 2.24) is 9.55 Å². The first-order chi connectivity index (χ1) is 11.1. The van der Waals surface area contributed by atoms with E-state index in [1.165, 1.54) is 16.9 Å². The second-order valence-electron chi connectivity index (χ2n) is 5.59. The minimum Gasteiger partial charge on any atom is -0.340 e. The smallest absolute Gasteiger partial charge is 0.274 e. The lowest BCUT2D eigenvalue weighted by Gasteiger charge is -2.03. The van der Waals surface area contributed by atoms with E-state index in [1.807, 2.05) is 61.0 Å². The van der Waals surface area contributed by atoms with E-state index in [2.05, 4.69) is 16.4 Å². The molecule has 4 rings (SSSR count). The summed E-state index contributed by atoms with van der Waals surface area (Å²) in [6.07, 6.45) is 0. The highest BCUT2D eigenvalue weighted by atomic mass is 32.1. The number of thiazole rings is 1. The van der Waals surface area contributed by atoms with Crippen LogP contribution in [0.3, 0.4) is 0 Å². The molecule has 0 spiro atoms. The maximum absolute atomic E-state index is 12.6. The van der Waals surface area contributed by atoms with Gasteiger partial charge in [-0.2, -0.15) is 0 Å². The number of carbonyl (C=O) groups excluding carboxylic acids is 1. The Hall–Kier alpha value is -2.66. The highest BCUT2D eigenvalue weighted by molar-refractivity contribution is 7.22. The number of carbonyl (C=O) groups is 1. The van der Waals surface area contributed by atoms with Gasteiger partial charge in [-0.1, -0.05) is 35.6 Å². The van der Waals surface area contributed by atoms with Gasteiger partial charge >= 0.3 is 0 Å².